The molecule has 0 radical (unpaired) electrons. The number of imidazole rings is 1. The van der Waals surface area contributed by atoms with Gasteiger partial charge in [-0.15, -0.1) is 0 Å². The molecule has 10 heteroatoms. The molecular weight excluding hydrogens is 424 g/mol. The van der Waals surface area contributed by atoms with Gasteiger partial charge in [-0.1, -0.05) is 0 Å². The molecule has 1 aliphatic heterocycles. The summed E-state index contributed by atoms with van der Waals surface area (Å²) in [6.07, 6.45) is 0. The quantitative estimate of drug-likeness (QED) is 0.632. The van der Waals surface area contributed by atoms with Gasteiger partial charge in [0.25, 0.3) is 5.91 Å². The van der Waals surface area contributed by atoms with Gasteiger partial charge in [0, 0.05) is 52.4 Å². The second-order valence-corrected chi connectivity index (χ2v) is 8.36. The third kappa shape index (κ3) is 5.62. The third-order valence-electron chi connectivity index (χ3n) is 5.80. The molecule has 180 valence electrons. The lowest BCUT2D eigenvalue weighted by atomic mass is 10.2. The largest absolute Gasteiger partial charge is 0.464 e. The number of hydrogen-bond acceptors (Lipinski definition) is 6. The fourth-order valence-electron chi connectivity index (χ4n) is 3.96. The zero-order valence-electron chi connectivity index (χ0n) is 20.1. The molecule has 0 spiro atoms. The number of fused-ring (bicyclic) bond motifs is 1. The van der Waals surface area contributed by atoms with Crippen molar-refractivity contribution in [3.63, 3.8) is 0 Å². The number of ether oxygens (including phenoxy) is 1. The molecule has 0 unspecified atom stereocenters. The van der Waals surface area contributed by atoms with Crippen molar-refractivity contribution in [2.45, 2.75) is 39.9 Å². The van der Waals surface area contributed by atoms with Gasteiger partial charge in [-0.25, -0.2) is 14.6 Å². The normalized spacial score (nSPS) is 15.4. The number of benzene rings is 1. The van der Waals surface area contributed by atoms with Crippen LogP contribution in [0.4, 0.5) is 4.79 Å². The molecule has 0 saturated carbocycles. The zero-order valence-corrected chi connectivity index (χ0v) is 20.1. The van der Waals surface area contributed by atoms with E-state index in [2.05, 4.69) is 21.7 Å². The molecule has 3 rings (SSSR count). The lowest BCUT2D eigenvalue weighted by Crippen LogP contribution is -2.54. The number of nitrogens with one attached hydrogen (secondary N) is 1. The fourth-order valence-corrected chi connectivity index (χ4v) is 3.96. The third-order valence-corrected chi connectivity index (χ3v) is 5.80. The average Bonchev–Trinajstić information content (AvgIpc) is 3.14. The van der Waals surface area contributed by atoms with E-state index in [1.807, 2.05) is 18.2 Å². The van der Waals surface area contributed by atoms with Crippen LogP contribution in [0.5, 0.6) is 0 Å². The molecule has 33 heavy (non-hydrogen) atoms. The lowest BCUT2D eigenvalue weighted by molar-refractivity contribution is -0.144. The molecular formula is C23H34N6O4. The Morgan fingerprint density at radius 2 is 1.85 bits per heavy atom. The number of hydrogen-bond donors (Lipinski definition) is 1. The number of rotatable bonds is 7. The van der Waals surface area contributed by atoms with E-state index in [0.29, 0.717) is 38.3 Å². The second-order valence-electron chi connectivity index (χ2n) is 8.36. The average molecular weight is 459 g/mol. The van der Waals surface area contributed by atoms with E-state index in [0.717, 1.165) is 23.4 Å². The maximum absolute atomic E-state index is 12.5. The van der Waals surface area contributed by atoms with E-state index in [4.69, 9.17) is 9.72 Å². The van der Waals surface area contributed by atoms with E-state index in [-0.39, 0.29) is 18.5 Å². The van der Waals surface area contributed by atoms with Crippen molar-refractivity contribution in [2.24, 2.45) is 0 Å². The Balaban J connectivity index is 1.63. The van der Waals surface area contributed by atoms with Gasteiger partial charge in [-0.05, 0) is 39.0 Å². The molecule has 3 amide bonds. The topological polar surface area (TPSA) is 100 Å². The summed E-state index contributed by atoms with van der Waals surface area (Å²) in [7, 11) is 3.47. The van der Waals surface area contributed by atoms with Crippen molar-refractivity contribution in [1.29, 1.82) is 0 Å². The molecule has 1 fully saturated rings. The van der Waals surface area contributed by atoms with E-state index in [9.17, 15) is 14.4 Å². The van der Waals surface area contributed by atoms with E-state index in [1.165, 1.54) is 0 Å². The van der Waals surface area contributed by atoms with Crippen molar-refractivity contribution in [1.82, 2.24) is 29.6 Å². The van der Waals surface area contributed by atoms with Crippen LogP contribution in [0.2, 0.25) is 0 Å². The highest BCUT2D eigenvalue weighted by molar-refractivity contribution is 5.97. The molecule has 0 bridgehead atoms. The number of urea groups is 1. The number of carbonyl (C=O) groups excluding carboxylic acids is 3. The highest BCUT2D eigenvalue weighted by Crippen LogP contribution is 2.20. The van der Waals surface area contributed by atoms with E-state index in [1.54, 1.807) is 37.7 Å². The molecule has 10 nitrogen and oxygen atoms in total. The summed E-state index contributed by atoms with van der Waals surface area (Å²) in [4.78, 5) is 46.9. The van der Waals surface area contributed by atoms with Crippen LogP contribution in [0.1, 0.15) is 37.0 Å². The standard InChI is InChI=1S/C23H34N6O4/c1-6-29-19-9-8-17(21(30)26(4)5)14-18(19)25-20(29)15-27-10-12-28(13-11-27)23(32)24-16(3)22(31)33-7-2/h8-9,14,16H,6-7,10-13,15H2,1-5H3,(H,24,32)/t16-/m1/s1. The minimum Gasteiger partial charge on any atom is -0.464 e. The van der Waals surface area contributed by atoms with Gasteiger partial charge in [0.1, 0.15) is 11.9 Å². The summed E-state index contributed by atoms with van der Waals surface area (Å²) in [5.41, 5.74) is 2.44. The number of amides is 3. The molecule has 0 aliphatic carbocycles. The highest BCUT2D eigenvalue weighted by Gasteiger charge is 2.25. The Bertz CT molecular complexity index is 1010. The number of esters is 1. The Morgan fingerprint density at radius 1 is 1.15 bits per heavy atom. The first kappa shape index (κ1) is 24.5. The first-order valence-electron chi connectivity index (χ1n) is 11.4. The number of aryl methyl sites for hydroxylation is 1. The van der Waals surface area contributed by atoms with Crippen molar-refractivity contribution in [3.05, 3.63) is 29.6 Å². The summed E-state index contributed by atoms with van der Waals surface area (Å²) in [6, 6.07) is 4.72. The molecule has 1 N–H and O–H groups in total. The summed E-state index contributed by atoms with van der Waals surface area (Å²) in [5, 5.41) is 2.70. The van der Waals surface area contributed by atoms with Gasteiger partial charge in [0.2, 0.25) is 0 Å². The monoisotopic (exact) mass is 458 g/mol. The van der Waals surface area contributed by atoms with Gasteiger partial charge in [-0.2, -0.15) is 0 Å². The van der Waals surface area contributed by atoms with Gasteiger partial charge in [0.05, 0.1) is 24.2 Å². The first-order chi connectivity index (χ1) is 15.7. The zero-order chi connectivity index (χ0) is 24.1. The molecule has 1 saturated heterocycles. The highest BCUT2D eigenvalue weighted by atomic mass is 16.5. The van der Waals surface area contributed by atoms with Crippen LogP contribution in [0, 0.1) is 0 Å². The minimum absolute atomic E-state index is 0.0452. The molecule has 2 aromatic rings. The lowest BCUT2D eigenvalue weighted by Gasteiger charge is -2.34. The number of carbonyl (C=O) groups is 3. The van der Waals surface area contributed by atoms with Crippen LogP contribution in [-0.2, 0) is 22.6 Å². The number of piperazine rings is 1. The van der Waals surface area contributed by atoms with E-state index < -0.39 is 12.0 Å². The first-order valence-corrected chi connectivity index (χ1v) is 11.4. The molecule has 1 aromatic heterocycles. The SMILES string of the molecule is CCOC(=O)[C@@H](C)NC(=O)N1CCN(Cc2nc3cc(C(=O)N(C)C)ccc3n2CC)CC1. The smallest absolute Gasteiger partial charge is 0.328 e. The van der Waals surface area contributed by atoms with Crippen LogP contribution in [0.3, 0.4) is 0 Å². The van der Waals surface area contributed by atoms with Crippen LogP contribution in [0.25, 0.3) is 11.0 Å². The van der Waals surface area contributed by atoms with Crippen LogP contribution in [0.15, 0.2) is 18.2 Å². The summed E-state index contributed by atoms with van der Waals surface area (Å²) in [6.45, 7) is 9.71. The molecule has 1 aliphatic rings. The summed E-state index contributed by atoms with van der Waals surface area (Å²) in [5.74, 6) is 0.463. The van der Waals surface area contributed by atoms with Gasteiger partial charge >= 0.3 is 12.0 Å². The predicted molar refractivity (Wildman–Crippen MR) is 125 cm³/mol. The van der Waals surface area contributed by atoms with Gasteiger partial charge in [0.15, 0.2) is 0 Å². The Morgan fingerprint density at radius 3 is 2.45 bits per heavy atom. The number of aromatic nitrogens is 2. The fraction of sp³-hybridized carbons (Fsp3) is 0.565. The second kappa shape index (κ2) is 10.7. The Labute approximate surface area is 194 Å². The maximum Gasteiger partial charge on any atom is 0.328 e. The predicted octanol–water partition coefficient (Wildman–Crippen LogP) is 1.54. The molecule has 1 aromatic carbocycles. The minimum atomic E-state index is -0.677. The van der Waals surface area contributed by atoms with Crippen LogP contribution < -0.4 is 5.32 Å². The maximum atomic E-state index is 12.5. The van der Waals surface area contributed by atoms with Crippen molar-refractivity contribution < 1.29 is 19.1 Å². The van der Waals surface area contributed by atoms with Crippen molar-refractivity contribution in [2.75, 3.05) is 46.9 Å². The van der Waals surface area contributed by atoms with Gasteiger partial charge < -0.3 is 24.4 Å². The molecule has 2 heterocycles. The Kier molecular flexibility index (Phi) is 7.91. The van der Waals surface area contributed by atoms with Gasteiger partial charge in [-0.3, -0.25) is 9.69 Å². The van der Waals surface area contributed by atoms with Crippen molar-refractivity contribution in [3.8, 4) is 0 Å². The van der Waals surface area contributed by atoms with Crippen LogP contribution in [-0.4, -0.2) is 95.1 Å². The van der Waals surface area contributed by atoms with Crippen LogP contribution >= 0.6 is 0 Å². The van der Waals surface area contributed by atoms with Crippen molar-refractivity contribution >= 4 is 28.9 Å². The molecule has 1 atom stereocenters. The number of nitrogens with zero attached hydrogens (tertiary/aromatic N) is 5. The van der Waals surface area contributed by atoms with E-state index >= 15 is 0 Å². The summed E-state index contributed by atoms with van der Waals surface area (Å²) >= 11 is 0. The Hall–Kier alpha value is -3.14. The summed E-state index contributed by atoms with van der Waals surface area (Å²) < 4.78 is 7.11.